The van der Waals surface area contributed by atoms with Gasteiger partial charge in [-0.15, -0.1) is 0 Å². The van der Waals surface area contributed by atoms with Crippen LogP contribution in [0.15, 0.2) is 0 Å². The average Bonchev–Trinajstić information content (AvgIpc) is 2.78. The molecule has 3 saturated heterocycles. The molecule has 0 radical (unpaired) electrons. The summed E-state index contributed by atoms with van der Waals surface area (Å²) in [4.78, 5) is 11.3. The molecule has 3 aliphatic heterocycles. The third-order valence-corrected chi connectivity index (χ3v) is 5.93. The molecule has 3 fully saturated rings. The van der Waals surface area contributed by atoms with Crippen molar-refractivity contribution < 1.29 is 74.1 Å². The SMILES string of the molecule is CC(=O)O[C@@H]1[C@@H](O)[C@@H](O)[C@H](O[C@@H]2[C@@H](O[C@@H]3OC[C@@H](O)[C@H](O)[C@H]3O)[C@H](O)[C@@H](CO)O[C@H]2O)O[C@H]1C. The number of hydrogen-bond donors (Lipinski definition) is 8. The molecule has 0 unspecified atom stereocenters. The highest BCUT2D eigenvalue weighted by molar-refractivity contribution is 5.66. The van der Waals surface area contributed by atoms with Crippen LogP contribution in [0.4, 0.5) is 0 Å². The summed E-state index contributed by atoms with van der Waals surface area (Å²) in [5, 5.41) is 81.0. The minimum absolute atomic E-state index is 0.411. The second kappa shape index (κ2) is 11.3. The van der Waals surface area contributed by atoms with Crippen LogP contribution in [-0.4, -0.2) is 146 Å². The predicted octanol–water partition coefficient (Wildman–Crippen LogP) is -5.34. The number of carbonyl (C=O) groups is 1. The van der Waals surface area contributed by atoms with E-state index in [0.29, 0.717) is 0 Å². The smallest absolute Gasteiger partial charge is 0.303 e. The summed E-state index contributed by atoms with van der Waals surface area (Å²) in [5.74, 6) is -0.716. The normalized spacial score (nSPS) is 50.1. The van der Waals surface area contributed by atoms with E-state index in [1.165, 1.54) is 6.92 Å². The van der Waals surface area contributed by atoms with Crippen LogP contribution in [0.3, 0.4) is 0 Å². The lowest BCUT2D eigenvalue weighted by Gasteiger charge is -2.47. The molecule has 0 bridgehead atoms. The van der Waals surface area contributed by atoms with E-state index in [4.69, 9.17) is 28.4 Å². The summed E-state index contributed by atoms with van der Waals surface area (Å²) in [7, 11) is 0. The zero-order valence-corrected chi connectivity index (χ0v) is 18.4. The molecule has 3 aliphatic rings. The molecule has 0 aromatic heterocycles. The lowest BCUT2D eigenvalue weighted by atomic mass is 9.97. The number of aliphatic hydroxyl groups is 8. The summed E-state index contributed by atoms with van der Waals surface area (Å²) in [6, 6.07) is 0. The Kier molecular flexibility index (Phi) is 9.18. The Morgan fingerprint density at radius 1 is 0.824 bits per heavy atom. The van der Waals surface area contributed by atoms with Crippen molar-refractivity contribution in [2.45, 2.75) is 99.9 Å². The summed E-state index contributed by atoms with van der Waals surface area (Å²) in [6.45, 7) is 1.41. The molecule has 3 rings (SSSR count). The molecule has 15 nitrogen and oxygen atoms in total. The molecule has 0 saturated carbocycles. The molecular formula is C19H32O15. The Morgan fingerprint density at radius 3 is 2.06 bits per heavy atom. The van der Waals surface area contributed by atoms with Crippen molar-refractivity contribution in [3.8, 4) is 0 Å². The highest BCUT2D eigenvalue weighted by Crippen LogP contribution is 2.32. The fourth-order valence-electron chi connectivity index (χ4n) is 4.04. The van der Waals surface area contributed by atoms with Crippen LogP contribution in [0.25, 0.3) is 0 Å². The van der Waals surface area contributed by atoms with Gasteiger partial charge in [-0.1, -0.05) is 0 Å². The fraction of sp³-hybridized carbons (Fsp3) is 0.947. The van der Waals surface area contributed by atoms with Crippen molar-refractivity contribution in [1.82, 2.24) is 0 Å². The quantitative estimate of drug-likeness (QED) is 0.159. The van der Waals surface area contributed by atoms with Gasteiger partial charge in [0.2, 0.25) is 0 Å². The Bertz CT molecular complexity index is 680. The standard InChI is InChI=1S/C19H32O15/c1-5-14(31-6(2)21)11(25)13(27)19(30-5)34-16-15(10(24)8(3-20)32-17(16)28)33-18-12(26)9(23)7(22)4-29-18/h5,7-20,22-28H,3-4H2,1-2H3/t5-,7+,8+,9-,10+,11-,12+,13+,14-,15-,16+,17+,18-,19-/m0/s1. The average molecular weight is 500 g/mol. The number of ether oxygens (including phenoxy) is 6. The number of rotatable bonds is 6. The van der Waals surface area contributed by atoms with Crippen LogP contribution in [-0.2, 0) is 33.2 Å². The van der Waals surface area contributed by atoms with Crippen LogP contribution in [0.1, 0.15) is 13.8 Å². The minimum Gasteiger partial charge on any atom is -0.457 e. The molecule has 14 atom stereocenters. The first-order chi connectivity index (χ1) is 16.0. The van der Waals surface area contributed by atoms with Crippen molar-refractivity contribution in [2.75, 3.05) is 13.2 Å². The summed E-state index contributed by atoms with van der Waals surface area (Å²) >= 11 is 0. The lowest BCUT2D eigenvalue weighted by Crippen LogP contribution is -2.66. The summed E-state index contributed by atoms with van der Waals surface area (Å²) in [5.41, 5.74) is 0. The zero-order valence-electron chi connectivity index (χ0n) is 18.4. The van der Waals surface area contributed by atoms with Gasteiger partial charge < -0.3 is 69.3 Å². The van der Waals surface area contributed by atoms with E-state index in [2.05, 4.69) is 0 Å². The molecule has 198 valence electrons. The monoisotopic (exact) mass is 500 g/mol. The van der Waals surface area contributed by atoms with Gasteiger partial charge in [-0.3, -0.25) is 4.79 Å². The Balaban J connectivity index is 1.78. The molecule has 0 aromatic carbocycles. The molecular weight excluding hydrogens is 468 g/mol. The van der Waals surface area contributed by atoms with Crippen molar-refractivity contribution >= 4 is 5.97 Å². The number of carbonyl (C=O) groups excluding carboxylic acids is 1. The first-order valence-electron chi connectivity index (χ1n) is 10.7. The van der Waals surface area contributed by atoms with E-state index >= 15 is 0 Å². The Morgan fingerprint density at radius 2 is 1.44 bits per heavy atom. The van der Waals surface area contributed by atoms with Gasteiger partial charge in [-0.25, -0.2) is 0 Å². The molecule has 0 spiro atoms. The van der Waals surface area contributed by atoms with E-state index in [0.717, 1.165) is 6.92 Å². The fourth-order valence-corrected chi connectivity index (χ4v) is 4.04. The van der Waals surface area contributed by atoms with Gasteiger partial charge in [0.1, 0.15) is 54.9 Å². The largest absolute Gasteiger partial charge is 0.457 e. The van der Waals surface area contributed by atoms with Gasteiger partial charge in [-0.2, -0.15) is 0 Å². The highest BCUT2D eigenvalue weighted by Gasteiger charge is 2.53. The molecule has 0 aromatic rings. The highest BCUT2D eigenvalue weighted by atomic mass is 16.8. The van der Waals surface area contributed by atoms with Crippen LogP contribution < -0.4 is 0 Å². The van der Waals surface area contributed by atoms with Crippen LogP contribution in [0.5, 0.6) is 0 Å². The van der Waals surface area contributed by atoms with E-state index in [1.807, 2.05) is 0 Å². The number of esters is 1. The van der Waals surface area contributed by atoms with E-state index in [1.54, 1.807) is 0 Å². The maximum atomic E-state index is 11.3. The molecule has 15 heteroatoms. The van der Waals surface area contributed by atoms with Crippen molar-refractivity contribution in [2.24, 2.45) is 0 Å². The van der Waals surface area contributed by atoms with Crippen molar-refractivity contribution in [1.29, 1.82) is 0 Å². The number of hydrogen-bond acceptors (Lipinski definition) is 15. The van der Waals surface area contributed by atoms with Crippen LogP contribution in [0, 0.1) is 0 Å². The summed E-state index contributed by atoms with van der Waals surface area (Å²) in [6.07, 6.45) is -21.6. The first kappa shape index (κ1) is 27.5. The molecule has 8 N–H and O–H groups in total. The van der Waals surface area contributed by atoms with Crippen molar-refractivity contribution in [3.05, 3.63) is 0 Å². The first-order valence-corrected chi connectivity index (χ1v) is 10.7. The molecule has 0 amide bonds. The van der Waals surface area contributed by atoms with Gasteiger partial charge in [-0.05, 0) is 6.92 Å². The van der Waals surface area contributed by atoms with E-state index in [9.17, 15) is 45.6 Å². The second-order valence-corrected chi connectivity index (χ2v) is 8.45. The van der Waals surface area contributed by atoms with Crippen LogP contribution in [0.2, 0.25) is 0 Å². The van der Waals surface area contributed by atoms with Gasteiger partial charge in [0, 0.05) is 6.92 Å². The third kappa shape index (κ3) is 5.67. The maximum Gasteiger partial charge on any atom is 0.303 e. The van der Waals surface area contributed by atoms with Gasteiger partial charge in [0.25, 0.3) is 0 Å². The number of aliphatic hydroxyl groups excluding tert-OH is 8. The zero-order chi connectivity index (χ0) is 25.3. The van der Waals surface area contributed by atoms with Crippen molar-refractivity contribution in [3.63, 3.8) is 0 Å². The molecule has 3 heterocycles. The predicted molar refractivity (Wildman–Crippen MR) is 103 cm³/mol. The van der Waals surface area contributed by atoms with Gasteiger partial charge >= 0.3 is 5.97 Å². The van der Waals surface area contributed by atoms with E-state index in [-0.39, 0.29) is 0 Å². The van der Waals surface area contributed by atoms with Gasteiger partial charge in [0.05, 0.1) is 19.3 Å². The topological polar surface area (TPSA) is 234 Å². The lowest BCUT2D eigenvalue weighted by molar-refractivity contribution is -0.381. The Labute approximate surface area is 193 Å². The van der Waals surface area contributed by atoms with E-state index < -0.39 is 105 Å². The minimum atomic E-state index is -1.85. The summed E-state index contributed by atoms with van der Waals surface area (Å²) < 4.78 is 31.9. The Hall–Kier alpha value is -1.05. The maximum absolute atomic E-state index is 11.3. The van der Waals surface area contributed by atoms with Crippen LogP contribution >= 0.6 is 0 Å². The third-order valence-electron chi connectivity index (χ3n) is 5.93. The second-order valence-electron chi connectivity index (χ2n) is 8.45. The molecule has 34 heavy (non-hydrogen) atoms. The van der Waals surface area contributed by atoms with Gasteiger partial charge in [0.15, 0.2) is 25.0 Å². The molecule has 0 aliphatic carbocycles.